The van der Waals surface area contributed by atoms with Crippen molar-refractivity contribution in [1.82, 2.24) is 24.6 Å². The van der Waals surface area contributed by atoms with Crippen molar-refractivity contribution in [2.24, 2.45) is 7.05 Å². The van der Waals surface area contributed by atoms with Crippen LogP contribution in [0.3, 0.4) is 0 Å². The van der Waals surface area contributed by atoms with Crippen molar-refractivity contribution in [3.05, 3.63) is 60.3 Å². The van der Waals surface area contributed by atoms with E-state index in [0.29, 0.717) is 12.1 Å². The van der Waals surface area contributed by atoms with Gasteiger partial charge in [-0.05, 0) is 0 Å². The van der Waals surface area contributed by atoms with E-state index in [1.54, 1.807) is 24.3 Å². The molecule has 1 aromatic carbocycles. The third-order valence-corrected chi connectivity index (χ3v) is 3.58. The quantitative estimate of drug-likeness (QED) is 0.801. The molecular formula is C16H17N5O. The fraction of sp³-hybridized carbons (Fsp3) is 0.188. The molecule has 0 aliphatic rings. The lowest BCUT2D eigenvalue weighted by atomic mass is 10.1. The summed E-state index contributed by atoms with van der Waals surface area (Å²) in [7, 11) is 3.67. The van der Waals surface area contributed by atoms with Crippen LogP contribution in [0.2, 0.25) is 0 Å². The van der Waals surface area contributed by atoms with Gasteiger partial charge in [-0.3, -0.25) is 9.89 Å². The maximum Gasteiger partial charge on any atom is 0.257 e. The first-order valence-corrected chi connectivity index (χ1v) is 6.97. The van der Waals surface area contributed by atoms with Crippen molar-refractivity contribution in [1.29, 1.82) is 0 Å². The van der Waals surface area contributed by atoms with Crippen LogP contribution >= 0.6 is 0 Å². The molecule has 0 saturated carbocycles. The summed E-state index contributed by atoms with van der Waals surface area (Å²) >= 11 is 0. The number of benzene rings is 1. The van der Waals surface area contributed by atoms with Crippen LogP contribution in [0, 0.1) is 0 Å². The summed E-state index contributed by atoms with van der Waals surface area (Å²) in [5, 5.41) is 6.93. The Bertz CT molecular complexity index is 775. The minimum absolute atomic E-state index is 0.0874. The zero-order valence-electron chi connectivity index (χ0n) is 12.5. The van der Waals surface area contributed by atoms with Gasteiger partial charge in [-0.1, -0.05) is 30.3 Å². The monoisotopic (exact) mass is 295 g/mol. The number of nitrogens with zero attached hydrogens (tertiary/aromatic N) is 4. The summed E-state index contributed by atoms with van der Waals surface area (Å²) in [6.07, 6.45) is 5.15. The number of aryl methyl sites for hydroxylation is 1. The van der Waals surface area contributed by atoms with E-state index in [4.69, 9.17) is 0 Å². The van der Waals surface area contributed by atoms with Crippen LogP contribution in [0.15, 0.2) is 48.9 Å². The Kier molecular flexibility index (Phi) is 3.74. The average molecular weight is 295 g/mol. The molecule has 22 heavy (non-hydrogen) atoms. The van der Waals surface area contributed by atoms with Gasteiger partial charge in [-0.2, -0.15) is 5.10 Å². The van der Waals surface area contributed by atoms with Crippen LogP contribution in [-0.4, -0.2) is 37.6 Å². The van der Waals surface area contributed by atoms with E-state index < -0.39 is 0 Å². The highest BCUT2D eigenvalue weighted by molar-refractivity contribution is 5.99. The van der Waals surface area contributed by atoms with Crippen molar-refractivity contribution in [3.63, 3.8) is 0 Å². The van der Waals surface area contributed by atoms with Gasteiger partial charge < -0.3 is 9.47 Å². The van der Waals surface area contributed by atoms with Gasteiger partial charge in [0.15, 0.2) is 0 Å². The molecule has 1 N–H and O–H groups in total. The number of H-pyrrole nitrogens is 1. The second kappa shape index (κ2) is 5.85. The molecule has 0 atom stereocenters. The summed E-state index contributed by atoms with van der Waals surface area (Å²) < 4.78 is 1.90. The van der Waals surface area contributed by atoms with Crippen molar-refractivity contribution >= 4 is 5.91 Å². The fourth-order valence-electron chi connectivity index (χ4n) is 2.31. The molecular weight excluding hydrogens is 278 g/mol. The van der Waals surface area contributed by atoms with E-state index in [9.17, 15) is 4.79 Å². The van der Waals surface area contributed by atoms with Crippen LogP contribution < -0.4 is 0 Å². The van der Waals surface area contributed by atoms with Crippen molar-refractivity contribution in [2.45, 2.75) is 6.54 Å². The fourth-order valence-corrected chi connectivity index (χ4v) is 2.31. The van der Waals surface area contributed by atoms with Gasteiger partial charge in [-0.25, -0.2) is 4.98 Å². The van der Waals surface area contributed by atoms with E-state index in [1.165, 1.54) is 0 Å². The van der Waals surface area contributed by atoms with Gasteiger partial charge in [0.05, 0.1) is 24.0 Å². The molecule has 6 nitrogen and oxygen atoms in total. The topological polar surface area (TPSA) is 66.8 Å². The minimum atomic E-state index is -0.0874. The predicted molar refractivity (Wildman–Crippen MR) is 83.0 cm³/mol. The zero-order valence-corrected chi connectivity index (χ0v) is 12.5. The zero-order chi connectivity index (χ0) is 15.5. The van der Waals surface area contributed by atoms with E-state index in [1.807, 2.05) is 48.1 Å². The third-order valence-electron chi connectivity index (χ3n) is 3.58. The number of hydrogen-bond donors (Lipinski definition) is 1. The second-order valence-corrected chi connectivity index (χ2v) is 5.14. The summed E-state index contributed by atoms with van der Waals surface area (Å²) in [6.45, 7) is 0.446. The maximum absolute atomic E-state index is 12.7. The van der Waals surface area contributed by atoms with Crippen molar-refractivity contribution < 1.29 is 4.79 Å². The van der Waals surface area contributed by atoms with Gasteiger partial charge >= 0.3 is 0 Å². The van der Waals surface area contributed by atoms with Crippen molar-refractivity contribution in [2.75, 3.05) is 7.05 Å². The number of imidazole rings is 1. The number of carbonyl (C=O) groups is 1. The van der Waals surface area contributed by atoms with Crippen LogP contribution in [0.1, 0.15) is 16.2 Å². The Morgan fingerprint density at radius 2 is 2.09 bits per heavy atom. The van der Waals surface area contributed by atoms with Crippen LogP contribution in [0.5, 0.6) is 0 Å². The molecule has 1 amide bonds. The van der Waals surface area contributed by atoms with Gasteiger partial charge in [0.25, 0.3) is 5.91 Å². The molecule has 0 saturated heterocycles. The summed E-state index contributed by atoms with van der Waals surface area (Å²) in [4.78, 5) is 18.6. The molecule has 2 heterocycles. The summed E-state index contributed by atoms with van der Waals surface area (Å²) in [6, 6.07) is 9.70. The van der Waals surface area contributed by atoms with Crippen LogP contribution in [0.4, 0.5) is 0 Å². The predicted octanol–water partition coefficient (Wildman–Crippen LogP) is 2.08. The summed E-state index contributed by atoms with van der Waals surface area (Å²) in [5.41, 5.74) is 2.23. The smallest absolute Gasteiger partial charge is 0.257 e. The second-order valence-electron chi connectivity index (χ2n) is 5.14. The Labute approximate surface area is 128 Å². The first-order valence-electron chi connectivity index (χ1n) is 6.97. The highest BCUT2D eigenvalue weighted by atomic mass is 16.2. The molecule has 0 fully saturated rings. The number of aromatic nitrogens is 4. The number of aromatic amines is 1. The lowest BCUT2D eigenvalue weighted by molar-refractivity contribution is 0.0781. The SMILES string of the molecule is CN(Cc1nccn1C)C(=O)c1cn[nH]c1-c1ccccc1. The number of nitrogens with one attached hydrogen (secondary N) is 1. The highest BCUT2D eigenvalue weighted by Crippen LogP contribution is 2.22. The van der Waals surface area contributed by atoms with Gasteiger partial charge in [0, 0.05) is 32.1 Å². The van der Waals surface area contributed by atoms with Gasteiger partial charge in [-0.15, -0.1) is 0 Å². The molecule has 0 unspecified atom stereocenters. The molecule has 0 aliphatic heterocycles. The molecule has 112 valence electrons. The Morgan fingerprint density at radius 1 is 1.32 bits per heavy atom. The Balaban J connectivity index is 1.84. The molecule has 2 aromatic heterocycles. The molecule has 0 spiro atoms. The van der Waals surface area contributed by atoms with Gasteiger partial charge in [0.1, 0.15) is 5.82 Å². The lowest BCUT2D eigenvalue weighted by Gasteiger charge is -2.16. The highest BCUT2D eigenvalue weighted by Gasteiger charge is 2.19. The van der Waals surface area contributed by atoms with E-state index >= 15 is 0 Å². The standard InChI is InChI=1S/C16H17N5O/c1-20-9-8-17-14(20)11-21(2)16(22)13-10-18-19-15(13)12-6-4-3-5-7-12/h3-10H,11H2,1-2H3,(H,18,19). The van der Waals surface area contributed by atoms with E-state index in [-0.39, 0.29) is 5.91 Å². The normalized spacial score (nSPS) is 10.6. The minimum Gasteiger partial charge on any atom is -0.337 e. The molecule has 0 bridgehead atoms. The first-order chi connectivity index (χ1) is 10.7. The number of hydrogen-bond acceptors (Lipinski definition) is 3. The van der Waals surface area contributed by atoms with Gasteiger partial charge in [0.2, 0.25) is 0 Å². The molecule has 3 rings (SSSR count). The average Bonchev–Trinajstić information content (AvgIpc) is 3.17. The third kappa shape index (κ3) is 2.63. The molecule has 0 radical (unpaired) electrons. The number of amides is 1. The van der Waals surface area contributed by atoms with E-state index in [0.717, 1.165) is 17.1 Å². The largest absolute Gasteiger partial charge is 0.337 e. The number of carbonyl (C=O) groups excluding carboxylic acids is 1. The molecule has 3 aromatic rings. The first kappa shape index (κ1) is 14.1. The Morgan fingerprint density at radius 3 is 2.77 bits per heavy atom. The van der Waals surface area contributed by atoms with Crippen LogP contribution in [0.25, 0.3) is 11.3 Å². The van der Waals surface area contributed by atoms with Crippen LogP contribution in [-0.2, 0) is 13.6 Å². The lowest BCUT2D eigenvalue weighted by Crippen LogP contribution is -2.27. The summed E-state index contributed by atoms with van der Waals surface area (Å²) in [5.74, 6) is 0.746. The Hall–Kier alpha value is -2.89. The maximum atomic E-state index is 12.7. The number of rotatable bonds is 4. The van der Waals surface area contributed by atoms with Crippen molar-refractivity contribution in [3.8, 4) is 11.3 Å². The van der Waals surface area contributed by atoms with E-state index in [2.05, 4.69) is 15.2 Å². The molecule has 0 aliphatic carbocycles. The molecule has 6 heteroatoms.